The second-order valence-corrected chi connectivity index (χ2v) is 6.00. The summed E-state index contributed by atoms with van der Waals surface area (Å²) in [4.78, 5) is 41.1. The van der Waals surface area contributed by atoms with E-state index in [1.54, 1.807) is 25.1 Å². The van der Waals surface area contributed by atoms with Crippen LogP contribution < -0.4 is 11.2 Å². The van der Waals surface area contributed by atoms with Gasteiger partial charge in [0.15, 0.2) is 0 Å². The summed E-state index contributed by atoms with van der Waals surface area (Å²) >= 11 is 0. The highest BCUT2D eigenvalue weighted by atomic mass is 16.4. The third-order valence-electron chi connectivity index (χ3n) is 4.35. The number of aryl methyl sites for hydroxylation is 1. The summed E-state index contributed by atoms with van der Waals surface area (Å²) in [5.74, 6) is -1.30. The first kappa shape index (κ1) is 16.2. The predicted octanol–water partition coefficient (Wildman–Crippen LogP) is 1.13. The summed E-state index contributed by atoms with van der Waals surface area (Å²) < 4.78 is 1.02. The maximum Gasteiger partial charge on any atom is 0.352 e. The van der Waals surface area contributed by atoms with Gasteiger partial charge in [-0.3, -0.25) is 9.69 Å². The molecule has 0 atom stereocenters. The molecular formula is C17H19N3O4. The van der Waals surface area contributed by atoms with Crippen molar-refractivity contribution < 1.29 is 9.90 Å². The van der Waals surface area contributed by atoms with E-state index in [-0.39, 0.29) is 17.8 Å². The third kappa shape index (κ3) is 2.90. The number of aromatic carboxylic acids is 1. The predicted molar refractivity (Wildman–Crippen MR) is 88.9 cm³/mol. The van der Waals surface area contributed by atoms with E-state index in [0.717, 1.165) is 36.1 Å². The lowest BCUT2D eigenvalue weighted by atomic mass is 10.1. The molecule has 0 saturated carbocycles. The number of carboxylic acids is 1. The molecule has 0 radical (unpaired) electrons. The molecule has 0 spiro atoms. The number of nitrogens with zero attached hydrogens (tertiary/aromatic N) is 2. The van der Waals surface area contributed by atoms with Crippen LogP contribution in [0.2, 0.25) is 0 Å². The topological polar surface area (TPSA) is 95.4 Å². The Labute approximate surface area is 138 Å². The molecule has 0 amide bonds. The summed E-state index contributed by atoms with van der Waals surface area (Å²) in [5.41, 5.74) is -0.285. The van der Waals surface area contributed by atoms with Crippen molar-refractivity contribution in [1.29, 1.82) is 0 Å². The van der Waals surface area contributed by atoms with Crippen LogP contribution in [0.25, 0.3) is 5.69 Å². The van der Waals surface area contributed by atoms with Gasteiger partial charge in [0.05, 0.1) is 11.3 Å². The van der Waals surface area contributed by atoms with E-state index < -0.39 is 17.2 Å². The fourth-order valence-electron chi connectivity index (χ4n) is 3.10. The average molecular weight is 329 g/mol. The molecule has 2 N–H and O–H groups in total. The second kappa shape index (κ2) is 6.45. The van der Waals surface area contributed by atoms with Gasteiger partial charge < -0.3 is 10.1 Å². The maximum absolute atomic E-state index is 12.9. The molecule has 126 valence electrons. The average Bonchev–Trinajstić information content (AvgIpc) is 3.04. The summed E-state index contributed by atoms with van der Waals surface area (Å²) in [6.45, 7) is 3.67. The Morgan fingerprint density at radius 3 is 2.50 bits per heavy atom. The van der Waals surface area contributed by atoms with Crippen LogP contribution >= 0.6 is 0 Å². The Kier molecular flexibility index (Phi) is 4.35. The zero-order valence-electron chi connectivity index (χ0n) is 13.4. The summed E-state index contributed by atoms with van der Waals surface area (Å²) in [6, 6.07) is 7.02. The molecule has 0 aliphatic carbocycles. The van der Waals surface area contributed by atoms with Crippen LogP contribution in [0, 0.1) is 6.92 Å². The molecule has 3 rings (SSSR count). The van der Waals surface area contributed by atoms with E-state index in [9.17, 15) is 19.5 Å². The van der Waals surface area contributed by atoms with Gasteiger partial charge in [0.1, 0.15) is 5.69 Å². The van der Waals surface area contributed by atoms with E-state index in [1.165, 1.54) is 0 Å². The van der Waals surface area contributed by atoms with Crippen LogP contribution in [0.1, 0.15) is 34.5 Å². The Balaban J connectivity index is 2.21. The molecule has 1 aliphatic rings. The van der Waals surface area contributed by atoms with Gasteiger partial charge in [-0.05, 0) is 44.5 Å². The van der Waals surface area contributed by atoms with E-state index in [2.05, 4.69) is 4.98 Å². The van der Waals surface area contributed by atoms with Crippen LogP contribution in [-0.2, 0) is 6.54 Å². The van der Waals surface area contributed by atoms with Gasteiger partial charge in [-0.15, -0.1) is 0 Å². The molecule has 0 bridgehead atoms. The molecule has 1 aliphatic heterocycles. The normalized spacial score (nSPS) is 14.9. The Hall–Kier alpha value is -2.67. The first-order valence-electron chi connectivity index (χ1n) is 7.89. The van der Waals surface area contributed by atoms with E-state index in [1.807, 2.05) is 11.0 Å². The molecule has 1 aromatic heterocycles. The molecule has 1 saturated heterocycles. The first-order valence-corrected chi connectivity index (χ1v) is 7.89. The molecular weight excluding hydrogens is 310 g/mol. The summed E-state index contributed by atoms with van der Waals surface area (Å²) in [6.07, 6.45) is 2.05. The van der Waals surface area contributed by atoms with Crippen molar-refractivity contribution in [2.45, 2.75) is 26.3 Å². The van der Waals surface area contributed by atoms with Crippen molar-refractivity contribution in [3.63, 3.8) is 0 Å². The number of H-pyrrole nitrogens is 1. The zero-order valence-corrected chi connectivity index (χ0v) is 13.4. The number of hydrogen-bond acceptors (Lipinski definition) is 4. The molecule has 24 heavy (non-hydrogen) atoms. The number of likely N-dealkylation sites (tertiary alicyclic amines) is 1. The number of aromatic nitrogens is 2. The minimum Gasteiger partial charge on any atom is -0.477 e. The van der Waals surface area contributed by atoms with Crippen molar-refractivity contribution in [3.05, 3.63) is 61.9 Å². The Bertz CT molecular complexity index is 891. The molecule has 2 aromatic rings. The van der Waals surface area contributed by atoms with E-state index in [0.29, 0.717) is 5.69 Å². The number of para-hydroxylation sites is 1. The van der Waals surface area contributed by atoms with Crippen LogP contribution in [0.4, 0.5) is 0 Å². The molecule has 2 heterocycles. The fourth-order valence-corrected chi connectivity index (χ4v) is 3.10. The second-order valence-electron chi connectivity index (χ2n) is 6.00. The lowest BCUT2D eigenvalue weighted by Crippen LogP contribution is -2.40. The molecule has 1 aromatic carbocycles. The van der Waals surface area contributed by atoms with Crippen LogP contribution in [0.5, 0.6) is 0 Å². The number of benzene rings is 1. The monoisotopic (exact) mass is 329 g/mol. The number of aromatic amines is 1. The number of nitrogens with one attached hydrogen (secondary N) is 1. The standard InChI is InChI=1S/C17H19N3O4/c1-11-6-2-3-7-13(11)20-15(21)12(10-19-8-4-5-9-19)14(16(22)23)18-17(20)24/h2-3,6-7H,4-5,8-10H2,1H3,(H,18,24)(H,22,23). The van der Waals surface area contributed by atoms with Crippen molar-refractivity contribution in [1.82, 2.24) is 14.5 Å². The highest BCUT2D eigenvalue weighted by Gasteiger charge is 2.23. The van der Waals surface area contributed by atoms with Crippen molar-refractivity contribution in [2.24, 2.45) is 0 Å². The van der Waals surface area contributed by atoms with Crippen molar-refractivity contribution >= 4 is 5.97 Å². The summed E-state index contributed by atoms with van der Waals surface area (Å²) in [7, 11) is 0. The van der Waals surface area contributed by atoms with Crippen LogP contribution in [-0.4, -0.2) is 38.6 Å². The quantitative estimate of drug-likeness (QED) is 0.877. The first-order chi connectivity index (χ1) is 11.5. The molecule has 7 nitrogen and oxygen atoms in total. The van der Waals surface area contributed by atoms with Gasteiger partial charge in [0, 0.05) is 6.54 Å². The smallest absolute Gasteiger partial charge is 0.352 e. The number of carbonyl (C=O) groups is 1. The number of carboxylic acid groups (broad SMARTS) is 1. The Morgan fingerprint density at radius 2 is 1.88 bits per heavy atom. The van der Waals surface area contributed by atoms with Gasteiger partial charge in [0.2, 0.25) is 0 Å². The van der Waals surface area contributed by atoms with Gasteiger partial charge in [-0.2, -0.15) is 0 Å². The van der Waals surface area contributed by atoms with Gasteiger partial charge in [-0.25, -0.2) is 14.2 Å². The highest BCUT2D eigenvalue weighted by Crippen LogP contribution is 2.14. The van der Waals surface area contributed by atoms with Gasteiger partial charge in [0.25, 0.3) is 5.56 Å². The van der Waals surface area contributed by atoms with E-state index >= 15 is 0 Å². The zero-order chi connectivity index (χ0) is 17.3. The third-order valence-corrected chi connectivity index (χ3v) is 4.35. The molecule has 1 fully saturated rings. The number of rotatable bonds is 4. The van der Waals surface area contributed by atoms with Gasteiger partial charge in [-0.1, -0.05) is 18.2 Å². The molecule has 0 unspecified atom stereocenters. The minimum absolute atomic E-state index is 0.118. The van der Waals surface area contributed by atoms with Crippen molar-refractivity contribution in [3.8, 4) is 5.69 Å². The SMILES string of the molecule is Cc1ccccc1-n1c(=O)[nH]c(C(=O)O)c(CN2CCCC2)c1=O. The van der Waals surface area contributed by atoms with Gasteiger partial charge >= 0.3 is 11.7 Å². The number of hydrogen-bond donors (Lipinski definition) is 2. The molecule has 7 heteroatoms. The van der Waals surface area contributed by atoms with Crippen molar-refractivity contribution in [2.75, 3.05) is 13.1 Å². The fraction of sp³-hybridized carbons (Fsp3) is 0.353. The maximum atomic E-state index is 12.9. The largest absolute Gasteiger partial charge is 0.477 e. The minimum atomic E-state index is -1.30. The van der Waals surface area contributed by atoms with E-state index in [4.69, 9.17) is 0 Å². The highest BCUT2D eigenvalue weighted by molar-refractivity contribution is 5.86. The lowest BCUT2D eigenvalue weighted by Gasteiger charge is -2.17. The van der Waals surface area contributed by atoms with Crippen LogP contribution in [0.15, 0.2) is 33.9 Å². The summed E-state index contributed by atoms with van der Waals surface area (Å²) in [5, 5.41) is 9.37. The van der Waals surface area contributed by atoms with Crippen LogP contribution in [0.3, 0.4) is 0 Å². The lowest BCUT2D eigenvalue weighted by molar-refractivity contribution is 0.0687. The Morgan fingerprint density at radius 1 is 1.21 bits per heavy atom.